The monoisotopic (exact) mass is 360 g/mol. The van der Waals surface area contributed by atoms with Crippen LogP contribution in [-0.4, -0.2) is 41.4 Å². The van der Waals surface area contributed by atoms with E-state index in [9.17, 15) is 4.79 Å². The van der Waals surface area contributed by atoms with Crippen LogP contribution in [0.5, 0.6) is 0 Å². The predicted octanol–water partition coefficient (Wildman–Crippen LogP) is 3.88. The number of nitrogens with zero attached hydrogens (tertiary/aromatic N) is 2. The van der Waals surface area contributed by atoms with E-state index in [1.54, 1.807) is 18.2 Å². The second kappa shape index (κ2) is 6.40. The number of benzene rings is 2. The molecule has 2 aliphatic rings. The Morgan fingerprint density at radius 2 is 1.75 bits per heavy atom. The van der Waals surface area contributed by atoms with E-state index < -0.39 is 0 Å². The molecule has 124 valence electrons. The molecule has 1 fully saturated rings. The van der Waals surface area contributed by atoms with Crippen LogP contribution < -0.4 is 0 Å². The lowest BCUT2D eigenvalue weighted by Gasteiger charge is -2.47. The minimum atomic E-state index is 0.0298. The standard InChI is InChI=1S/C19H18Cl2N2O/c20-17-6-5-14(9-18(17)21)19(24)23-11-16(12-23)22-8-7-13-3-1-2-4-15(13)10-22/h1-6,9,16H,7-8,10-12H2. The van der Waals surface area contributed by atoms with E-state index in [-0.39, 0.29) is 5.91 Å². The van der Waals surface area contributed by atoms with E-state index in [1.807, 2.05) is 4.90 Å². The molecule has 1 amide bonds. The van der Waals surface area contributed by atoms with Crippen molar-refractivity contribution in [1.82, 2.24) is 9.80 Å². The summed E-state index contributed by atoms with van der Waals surface area (Å²) in [6.45, 7) is 3.61. The topological polar surface area (TPSA) is 23.6 Å². The number of likely N-dealkylation sites (tertiary alicyclic amines) is 1. The van der Waals surface area contributed by atoms with E-state index >= 15 is 0 Å². The van der Waals surface area contributed by atoms with Crippen molar-refractivity contribution in [3.8, 4) is 0 Å². The first-order valence-electron chi connectivity index (χ1n) is 8.17. The minimum absolute atomic E-state index is 0.0298. The molecule has 0 aromatic heterocycles. The van der Waals surface area contributed by atoms with Gasteiger partial charge in [0.25, 0.3) is 5.91 Å². The average molecular weight is 361 g/mol. The zero-order valence-electron chi connectivity index (χ0n) is 13.2. The Kier molecular flexibility index (Phi) is 4.25. The number of carbonyl (C=O) groups is 1. The van der Waals surface area contributed by atoms with Crippen LogP contribution in [0.25, 0.3) is 0 Å². The largest absolute Gasteiger partial charge is 0.335 e. The first kappa shape index (κ1) is 15.9. The highest BCUT2D eigenvalue weighted by Crippen LogP contribution is 2.27. The van der Waals surface area contributed by atoms with Gasteiger partial charge in [0.1, 0.15) is 0 Å². The highest BCUT2D eigenvalue weighted by molar-refractivity contribution is 6.42. The maximum absolute atomic E-state index is 12.5. The van der Waals surface area contributed by atoms with Crippen molar-refractivity contribution in [1.29, 1.82) is 0 Å². The molecule has 3 nitrogen and oxygen atoms in total. The van der Waals surface area contributed by atoms with Crippen molar-refractivity contribution in [3.05, 3.63) is 69.2 Å². The van der Waals surface area contributed by atoms with Crippen LogP contribution in [0.1, 0.15) is 21.5 Å². The van der Waals surface area contributed by atoms with Crippen LogP contribution in [0.15, 0.2) is 42.5 Å². The SMILES string of the molecule is O=C(c1ccc(Cl)c(Cl)c1)N1CC(N2CCc3ccccc3C2)C1. The van der Waals surface area contributed by atoms with Crippen molar-refractivity contribution >= 4 is 29.1 Å². The van der Waals surface area contributed by atoms with Gasteiger partial charge in [-0.15, -0.1) is 0 Å². The van der Waals surface area contributed by atoms with Gasteiger partial charge in [-0.1, -0.05) is 47.5 Å². The Bertz CT molecular complexity index is 787. The Balaban J connectivity index is 1.38. The number of rotatable bonds is 2. The summed E-state index contributed by atoms with van der Waals surface area (Å²) in [6, 6.07) is 14.1. The Labute approximate surface area is 151 Å². The van der Waals surface area contributed by atoms with Crippen LogP contribution in [0.4, 0.5) is 0 Å². The normalized spacial score (nSPS) is 18.2. The van der Waals surface area contributed by atoms with Crippen molar-refractivity contribution in [2.75, 3.05) is 19.6 Å². The summed E-state index contributed by atoms with van der Waals surface area (Å²) >= 11 is 11.9. The lowest BCUT2D eigenvalue weighted by Crippen LogP contribution is -2.61. The molecule has 0 unspecified atom stereocenters. The molecular formula is C19H18Cl2N2O. The molecule has 24 heavy (non-hydrogen) atoms. The van der Waals surface area contributed by atoms with E-state index in [2.05, 4.69) is 29.2 Å². The molecule has 1 saturated heterocycles. The smallest absolute Gasteiger partial charge is 0.254 e. The van der Waals surface area contributed by atoms with Crippen LogP contribution in [-0.2, 0) is 13.0 Å². The number of carbonyl (C=O) groups excluding carboxylic acids is 1. The molecule has 2 aromatic carbocycles. The number of amides is 1. The zero-order chi connectivity index (χ0) is 16.7. The molecule has 5 heteroatoms. The second-order valence-electron chi connectivity index (χ2n) is 6.48. The van der Waals surface area contributed by atoms with Crippen LogP contribution >= 0.6 is 23.2 Å². The number of halogens is 2. The third kappa shape index (κ3) is 2.92. The Hall–Kier alpha value is -1.55. The lowest BCUT2D eigenvalue weighted by atomic mass is 9.96. The maximum Gasteiger partial charge on any atom is 0.254 e. The van der Waals surface area contributed by atoms with Crippen molar-refractivity contribution in [2.45, 2.75) is 19.0 Å². The van der Waals surface area contributed by atoms with Gasteiger partial charge in [0.15, 0.2) is 0 Å². The van der Waals surface area contributed by atoms with Crippen molar-refractivity contribution < 1.29 is 4.79 Å². The molecule has 0 saturated carbocycles. The number of fused-ring (bicyclic) bond motifs is 1. The van der Waals surface area contributed by atoms with Crippen LogP contribution in [0, 0.1) is 0 Å². The summed E-state index contributed by atoms with van der Waals surface area (Å²) in [6.07, 6.45) is 1.09. The molecular weight excluding hydrogens is 343 g/mol. The van der Waals surface area contributed by atoms with Crippen molar-refractivity contribution in [2.24, 2.45) is 0 Å². The summed E-state index contributed by atoms with van der Waals surface area (Å²) in [5.74, 6) is 0.0298. The van der Waals surface area contributed by atoms with Crippen LogP contribution in [0.3, 0.4) is 0 Å². The summed E-state index contributed by atoms with van der Waals surface area (Å²) in [7, 11) is 0. The molecule has 2 aliphatic heterocycles. The van der Waals surface area contributed by atoms with Gasteiger partial charge < -0.3 is 4.90 Å². The molecule has 0 N–H and O–H groups in total. The van der Waals surface area contributed by atoms with Gasteiger partial charge in [-0.25, -0.2) is 0 Å². The molecule has 0 radical (unpaired) electrons. The fourth-order valence-electron chi connectivity index (χ4n) is 3.49. The van der Waals surface area contributed by atoms with E-state index in [1.165, 1.54) is 11.1 Å². The summed E-state index contributed by atoms with van der Waals surface area (Å²) in [5, 5.41) is 0.897. The van der Waals surface area contributed by atoms with Gasteiger partial charge in [0.2, 0.25) is 0 Å². The fraction of sp³-hybridized carbons (Fsp3) is 0.316. The van der Waals surface area contributed by atoms with Crippen molar-refractivity contribution in [3.63, 3.8) is 0 Å². The third-order valence-electron chi connectivity index (χ3n) is 4.99. The molecule has 4 rings (SSSR count). The zero-order valence-corrected chi connectivity index (χ0v) is 14.7. The molecule has 0 aliphatic carbocycles. The van der Waals surface area contributed by atoms with E-state index in [0.29, 0.717) is 21.7 Å². The average Bonchev–Trinajstić information content (AvgIpc) is 2.56. The molecule has 2 heterocycles. The molecule has 0 spiro atoms. The molecule has 0 atom stereocenters. The molecule has 2 aromatic rings. The first-order valence-corrected chi connectivity index (χ1v) is 8.92. The lowest BCUT2D eigenvalue weighted by molar-refractivity contribution is 0.0218. The van der Waals surface area contributed by atoms with Gasteiger partial charge >= 0.3 is 0 Å². The van der Waals surface area contributed by atoms with Crippen LogP contribution in [0.2, 0.25) is 10.0 Å². The Morgan fingerprint density at radius 3 is 2.50 bits per heavy atom. The minimum Gasteiger partial charge on any atom is -0.335 e. The first-order chi connectivity index (χ1) is 11.6. The van der Waals surface area contributed by atoms with Gasteiger partial charge in [-0.05, 0) is 35.7 Å². The van der Waals surface area contributed by atoms with E-state index in [4.69, 9.17) is 23.2 Å². The maximum atomic E-state index is 12.5. The Morgan fingerprint density at radius 1 is 1.00 bits per heavy atom. The fourth-order valence-corrected chi connectivity index (χ4v) is 3.79. The second-order valence-corrected chi connectivity index (χ2v) is 7.30. The summed E-state index contributed by atoms with van der Waals surface area (Å²) in [4.78, 5) is 16.9. The number of hydrogen-bond acceptors (Lipinski definition) is 2. The number of hydrogen-bond donors (Lipinski definition) is 0. The highest BCUT2D eigenvalue weighted by atomic mass is 35.5. The van der Waals surface area contributed by atoms with E-state index in [0.717, 1.165) is 32.6 Å². The van der Waals surface area contributed by atoms with Gasteiger partial charge in [-0.3, -0.25) is 9.69 Å². The third-order valence-corrected chi connectivity index (χ3v) is 5.73. The summed E-state index contributed by atoms with van der Waals surface area (Å²) < 4.78 is 0. The predicted molar refractivity (Wildman–Crippen MR) is 96.7 cm³/mol. The van der Waals surface area contributed by atoms with Gasteiger partial charge in [-0.2, -0.15) is 0 Å². The molecule has 0 bridgehead atoms. The summed E-state index contributed by atoms with van der Waals surface area (Å²) in [5.41, 5.74) is 3.47. The quantitative estimate of drug-likeness (QED) is 0.811. The van der Waals surface area contributed by atoms with Gasteiger partial charge in [0.05, 0.1) is 10.0 Å². The van der Waals surface area contributed by atoms with Gasteiger partial charge in [0, 0.05) is 37.8 Å². The highest BCUT2D eigenvalue weighted by Gasteiger charge is 2.36.